The zero-order chi connectivity index (χ0) is 24.4. The van der Waals surface area contributed by atoms with E-state index in [9.17, 15) is 9.59 Å². The molecule has 0 saturated carbocycles. The molecule has 0 aliphatic rings. The van der Waals surface area contributed by atoms with Crippen LogP contribution < -0.4 is 21.8 Å². The Morgan fingerprint density at radius 2 is 1.09 bits per heavy atom. The normalized spacial score (nSPS) is 13.0. The van der Waals surface area contributed by atoms with Crippen molar-refractivity contribution in [2.75, 3.05) is 0 Å². The van der Waals surface area contributed by atoms with Crippen molar-refractivity contribution in [1.82, 2.24) is 10.9 Å². The first-order valence-electron chi connectivity index (χ1n) is 9.91. The van der Waals surface area contributed by atoms with E-state index in [-0.39, 0.29) is 11.8 Å². The number of hydrogen-bond acceptors (Lipinski definition) is 9. The van der Waals surface area contributed by atoms with Gasteiger partial charge < -0.3 is 20.1 Å². The molecular formula is C20H24B2N4O6S. The van der Waals surface area contributed by atoms with Gasteiger partial charge >= 0.3 is 14.2 Å². The molecule has 0 aliphatic heterocycles. The van der Waals surface area contributed by atoms with E-state index >= 15 is 0 Å². The van der Waals surface area contributed by atoms with Crippen molar-refractivity contribution < 1.29 is 29.7 Å². The summed E-state index contributed by atoms with van der Waals surface area (Å²) in [6.45, 7) is 3.30. The summed E-state index contributed by atoms with van der Waals surface area (Å²) in [7, 11) is -3.10. The van der Waals surface area contributed by atoms with Crippen molar-refractivity contribution in [2.24, 2.45) is 10.2 Å². The van der Waals surface area contributed by atoms with E-state index in [4.69, 9.17) is 20.1 Å². The maximum atomic E-state index is 12.2. The Labute approximate surface area is 196 Å². The Bertz CT molecular complexity index is 908. The molecule has 0 radical (unpaired) electrons. The number of thioether (sulfide) groups is 1. The van der Waals surface area contributed by atoms with Crippen LogP contribution in [0.3, 0.4) is 0 Å². The number of nitrogens with zero attached hydrogens (tertiary/aromatic N) is 2. The fraction of sp³-hybridized carbons (Fsp3) is 0.200. The number of hydrogen-bond donors (Lipinski definition) is 6. The van der Waals surface area contributed by atoms with E-state index in [0.29, 0.717) is 22.1 Å². The molecule has 0 spiro atoms. The molecule has 0 bridgehead atoms. The van der Waals surface area contributed by atoms with Crippen LogP contribution in [0.25, 0.3) is 0 Å². The topological polar surface area (TPSA) is 164 Å². The molecule has 2 rings (SSSR count). The van der Waals surface area contributed by atoms with Crippen molar-refractivity contribution in [2.45, 2.75) is 24.3 Å². The highest BCUT2D eigenvalue weighted by Gasteiger charge is 2.21. The van der Waals surface area contributed by atoms with Crippen molar-refractivity contribution in [1.29, 1.82) is 0 Å². The molecule has 0 aliphatic carbocycles. The average molecular weight is 470 g/mol. The number of amides is 2. The maximum Gasteiger partial charge on any atom is 0.488 e. The summed E-state index contributed by atoms with van der Waals surface area (Å²) < 4.78 is 0. The molecule has 13 heteroatoms. The van der Waals surface area contributed by atoms with Gasteiger partial charge in [-0.3, -0.25) is 9.59 Å². The van der Waals surface area contributed by atoms with Gasteiger partial charge in [0.15, 0.2) is 0 Å². The summed E-state index contributed by atoms with van der Waals surface area (Å²) in [5, 5.41) is 42.9. The van der Waals surface area contributed by atoms with Crippen LogP contribution >= 0.6 is 11.8 Å². The molecule has 6 N–H and O–H groups in total. The molecule has 2 unspecified atom stereocenters. The van der Waals surface area contributed by atoms with Crippen LogP contribution in [0, 0.1) is 0 Å². The molecule has 2 aromatic carbocycles. The van der Waals surface area contributed by atoms with Crippen LogP contribution in [0.4, 0.5) is 0 Å². The third-order valence-corrected chi connectivity index (χ3v) is 5.64. The summed E-state index contributed by atoms with van der Waals surface area (Å²) in [6, 6.07) is 12.6. The second-order valence-corrected chi connectivity index (χ2v) is 8.66. The Morgan fingerprint density at radius 1 is 0.758 bits per heavy atom. The van der Waals surface area contributed by atoms with Gasteiger partial charge in [0.05, 0.1) is 22.9 Å². The second kappa shape index (κ2) is 12.9. The van der Waals surface area contributed by atoms with Crippen LogP contribution in [-0.2, 0) is 9.59 Å². The zero-order valence-electron chi connectivity index (χ0n) is 18.0. The molecule has 0 aromatic heterocycles. The Kier molecular flexibility index (Phi) is 10.3. The zero-order valence-corrected chi connectivity index (χ0v) is 18.8. The van der Waals surface area contributed by atoms with Crippen LogP contribution in [0.5, 0.6) is 0 Å². The fourth-order valence-electron chi connectivity index (χ4n) is 2.46. The van der Waals surface area contributed by atoms with Crippen LogP contribution in [0.2, 0.25) is 0 Å². The molecule has 0 saturated heterocycles. The van der Waals surface area contributed by atoms with Crippen LogP contribution in [0.1, 0.15) is 25.0 Å². The van der Waals surface area contributed by atoms with Crippen molar-refractivity contribution in [3.8, 4) is 0 Å². The number of nitrogens with one attached hydrogen (secondary N) is 2. The average Bonchev–Trinajstić information content (AvgIpc) is 2.79. The van der Waals surface area contributed by atoms with Crippen LogP contribution in [-0.4, -0.2) is 69.1 Å². The SMILES string of the molecule is CC(SC(C)C(=O)N/N=C/c1ccc(B(O)O)cc1)C(=O)N/N=C\c1ccc(B(O)O)cc1. The van der Waals surface area contributed by atoms with Gasteiger partial charge in [-0.15, -0.1) is 11.8 Å². The van der Waals surface area contributed by atoms with Crippen molar-refractivity contribution in [3.63, 3.8) is 0 Å². The third-order valence-electron chi connectivity index (χ3n) is 4.39. The van der Waals surface area contributed by atoms with Gasteiger partial charge in [-0.1, -0.05) is 48.5 Å². The van der Waals surface area contributed by atoms with Gasteiger partial charge in [0.2, 0.25) is 0 Å². The largest absolute Gasteiger partial charge is 0.488 e. The minimum absolute atomic E-state index is 0.345. The number of hydrazone groups is 2. The van der Waals surface area contributed by atoms with Gasteiger partial charge in [-0.2, -0.15) is 10.2 Å². The Hall–Kier alpha value is -2.96. The van der Waals surface area contributed by atoms with Gasteiger partial charge in [0.1, 0.15) is 0 Å². The lowest BCUT2D eigenvalue weighted by Gasteiger charge is -2.14. The van der Waals surface area contributed by atoms with Gasteiger partial charge in [-0.25, -0.2) is 10.9 Å². The molecule has 0 heterocycles. The van der Waals surface area contributed by atoms with Crippen LogP contribution in [0.15, 0.2) is 58.7 Å². The van der Waals surface area contributed by atoms with Gasteiger partial charge in [-0.05, 0) is 35.9 Å². The maximum absolute atomic E-state index is 12.2. The summed E-state index contributed by atoms with van der Waals surface area (Å²) >= 11 is 1.14. The highest BCUT2D eigenvalue weighted by atomic mass is 32.2. The number of benzene rings is 2. The minimum atomic E-state index is -1.55. The monoisotopic (exact) mass is 470 g/mol. The Morgan fingerprint density at radius 3 is 1.39 bits per heavy atom. The number of carbonyl (C=O) groups excluding carboxylic acids is 2. The highest BCUT2D eigenvalue weighted by molar-refractivity contribution is 8.01. The molecule has 2 amide bonds. The quantitative estimate of drug-likeness (QED) is 0.135. The first kappa shape index (κ1) is 26.3. The lowest BCUT2D eigenvalue weighted by molar-refractivity contribution is -0.120. The predicted molar refractivity (Wildman–Crippen MR) is 131 cm³/mol. The van der Waals surface area contributed by atoms with E-state index in [0.717, 1.165) is 11.8 Å². The summed E-state index contributed by atoms with van der Waals surface area (Å²) in [6.07, 6.45) is 2.84. The first-order chi connectivity index (χ1) is 15.7. The molecular weight excluding hydrogens is 446 g/mol. The fourth-order valence-corrected chi connectivity index (χ4v) is 3.43. The molecule has 2 aromatic rings. The lowest BCUT2D eigenvalue weighted by Crippen LogP contribution is -2.33. The predicted octanol–water partition coefficient (Wildman–Crippen LogP) is -1.84. The number of rotatable bonds is 10. The van der Waals surface area contributed by atoms with Crippen molar-refractivity contribution >= 4 is 61.2 Å². The molecule has 10 nitrogen and oxygen atoms in total. The summed E-state index contributed by atoms with van der Waals surface area (Å²) in [4.78, 5) is 24.4. The second-order valence-electron chi connectivity index (χ2n) is 6.97. The van der Waals surface area contributed by atoms with Gasteiger partial charge in [0.25, 0.3) is 11.8 Å². The van der Waals surface area contributed by atoms with Crippen molar-refractivity contribution in [3.05, 3.63) is 59.7 Å². The standard InChI is InChI=1S/C20H24B2N4O6S/c1-13(19(27)25-23-11-15-3-7-17(8-4-15)21(29)30)33-14(2)20(28)26-24-12-16-5-9-18(10-6-16)22(31)32/h3-14,29-32H,1-2H3,(H,25,27)(H,26,28)/b23-11-,24-12+. The highest BCUT2D eigenvalue weighted by Crippen LogP contribution is 2.17. The van der Waals surface area contributed by atoms with E-state index in [1.807, 2.05) is 0 Å². The first-order valence-corrected chi connectivity index (χ1v) is 10.8. The molecule has 2 atom stereocenters. The Balaban J connectivity index is 1.77. The summed E-state index contributed by atoms with van der Waals surface area (Å²) in [5.74, 6) is -0.763. The van der Waals surface area contributed by atoms with E-state index < -0.39 is 24.7 Å². The number of carbonyl (C=O) groups is 2. The molecule has 33 heavy (non-hydrogen) atoms. The van der Waals surface area contributed by atoms with E-state index in [1.54, 1.807) is 38.1 Å². The van der Waals surface area contributed by atoms with E-state index in [1.165, 1.54) is 36.7 Å². The summed E-state index contributed by atoms with van der Waals surface area (Å²) in [5.41, 5.74) is 6.82. The minimum Gasteiger partial charge on any atom is -0.423 e. The lowest BCUT2D eigenvalue weighted by atomic mass is 9.80. The molecule has 0 fully saturated rings. The van der Waals surface area contributed by atoms with E-state index in [2.05, 4.69) is 21.1 Å². The molecule has 172 valence electrons. The third kappa shape index (κ3) is 8.83. The smallest absolute Gasteiger partial charge is 0.423 e. The van der Waals surface area contributed by atoms with Gasteiger partial charge in [0, 0.05) is 0 Å².